The van der Waals surface area contributed by atoms with Gasteiger partial charge >= 0.3 is 0 Å². The van der Waals surface area contributed by atoms with Gasteiger partial charge < -0.3 is 15.5 Å². The van der Waals surface area contributed by atoms with Gasteiger partial charge in [-0.2, -0.15) is 0 Å². The van der Waals surface area contributed by atoms with Crippen LogP contribution in [0.5, 0.6) is 0 Å². The Labute approximate surface area is 163 Å². The third-order valence-electron chi connectivity index (χ3n) is 5.43. The third-order valence-corrected chi connectivity index (χ3v) is 5.43. The second-order valence-corrected chi connectivity index (χ2v) is 7.68. The van der Waals surface area contributed by atoms with E-state index >= 15 is 0 Å². The summed E-state index contributed by atoms with van der Waals surface area (Å²) in [4.78, 5) is 26.0. The molecule has 150 valence electrons. The molecule has 5 heteroatoms. The zero-order valence-corrected chi connectivity index (χ0v) is 16.9. The molecule has 0 spiro atoms. The van der Waals surface area contributed by atoms with Crippen molar-refractivity contribution >= 4 is 11.8 Å². The molecule has 2 aliphatic rings. The Hall–Kier alpha value is -1.88. The summed E-state index contributed by atoms with van der Waals surface area (Å²) in [6.45, 7) is 3.89. The van der Waals surface area contributed by atoms with Gasteiger partial charge in [0.25, 0.3) is 0 Å². The van der Waals surface area contributed by atoms with Crippen molar-refractivity contribution in [3.05, 3.63) is 35.9 Å². The fourth-order valence-electron chi connectivity index (χ4n) is 3.88. The molecule has 1 atom stereocenters. The first-order valence-electron chi connectivity index (χ1n) is 10.3. The van der Waals surface area contributed by atoms with Crippen molar-refractivity contribution in [2.75, 3.05) is 26.7 Å². The number of benzene rings is 1. The van der Waals surface area contributed by atoms with Crippen LogP contribution in [0, 0.1) is 12.8 Å². The molecule has 1 aliphatic carbocycles. The Morgan fingerprint density at radius 2 is 1.74 bits per heavy atom. The SMILES string of the molecule is CNCC(=O)N1CCCC1C(=O)NCC1CCCCC1.Cc1ccccc1. The van der Waals surface area contributed by atoms with E-state index in [-0.39, 0.29) is 17.9 Å². The lowest BCUT2D eigenvalue weighted by Crippen LogP contribution is -2.48. The Morgan fingerprint density at radius 3 is 2.33 bits per heavy atom. The molecule has 1 saturated carbocycles. The lowest BCUT2D eigenvalue weighted by molar-refractivity contribution is -0.137. The normalized spacial score (nSPS) is 19.9. The number of rotatable bonds is 5. The summed E-state index contributed by atoms with van der Waals surface area (Å²) in [6.07, 6.45) is 8.09. The fraction of sp³-hybridized carbons (Fsp3) is 0.636. The number of amides is 2. The molecule has 1 aliphatic heterocycles. The Bertz CT molecular complexity index is 570. The Morgan fingerprint density at radius 1 is 1.04 bits per heavy atom. The van der Waals surface area contributed by atoms with Crippen LogP contribution >= 0.6 is 0 Å². The van der Waals surface area contributed by atoms with Gasteiger partial charge in [0.15, 0.2) is 0 Å². The van der Waals surface area contributed by atoms with Crippen LogP contribution in [0.4, 0.5) is 0 Å². The smallest absolute Gasteiger partial charge is 0.242 e. The molecule has 0 radical (unpaired) electrons. The van der Waals surface area contributed by atoms with Gasteiger partial charge in [-0.1, -0.05) is 55.2 Å². The van der Waals surface area contributed by atoms with Crippen LogP contribution in [0.3, 0.4) is 0 Å². The molecule has 1 aromatic carbocycles. The molecule has 2 amide bonds. The second kappa shape index (κ2) is 11.8. The van der Waals surface area contributed by atoms with E-state index in [0.717, 1.165) is 19.4 Å². The van der Waals surface area contributed by atoms with Crippen molar-refractivity contribution in [2.45, 2.75) is 57.9 Å². The van der Waals surface area contributed by atoms with E-state index in [0.29, 0.717) is 19.0 Å². The molecule has 0 aromatic heterocycles. The molecular weight excluding hydrogens is 338 g/mol. The van der Waals surface area contributed by atoms with Gasteiger partial charge in [-0.05, 0) is 45.6 Å². The maximum absolute atomic E-state index is 12.3. The minimum atomic E-state index is -0.251. The molecular formula is C22H35N3O2. The molecule has 2 N–H and O–H groups in total. The molecule has 5 nitrogen and oxygen atoms in total. The highest BCUT2D eigenvalue weighted by Crippen LogP contribution is 2.23. The number of nitrogens with one attached hydrogen (secondary N) is 2. The summed E-state index contributed by atoms with van der Waals surface area (Å²) in [5.41, 5.74) is 1.32. The zero-order chi connectivity index (χ0) is 19.5. The fourth-order valence-corrected chi connectivity index (χ4v) is 3.88. The van der Waals surface area contributed by atoms with E-state index in [2.05, 4.69) is 29.7 Å². The number of aryl methyl sites for hydroxylation is 1. The van der Waals surface area contributed by atoms with Crippen LogP contribution in [0.25, 0.3) is 0 Å². The number of nitrogens with zero attached hydrogens (tertiary/aromatic N) is 1. The molecule has 3 rings (SSSR count). The lowest BCUT2D eigenvalue weighted by Gasteiger charge is -2.26. The predicted octanol–water partition coefficient (Wildman–Crippen LogP) is 2.89. The molecule has 0 bridgehead atoms. The highest BCUT2D eigenvalue weighted by Gasteiger charge is 2.33. The van der Waals surface area contributed by atoms with Crippen molar-refractivity contribution < 1.29 is 9.59 Å². The minimum Gasteiger partial charge on any atom is -0.354 e. The number of hydrogen-bond donors (Lipinski definition) is 2. The molecule has 1 saturated heterocycles. The van der Waals surface area contributed by atoms with E-state index in [9.17, 15) is 9.59 Å². The standard InChI is InChI=1S/C15H27N3O2.C7H8/c1-16-11-14(19)18-9-5-8-13(18)15(20)17-10-12-6-3-2-4-7-12;1-7-5-3-2-4-6-7/h12-13,16H,2-11H2,1H3,(H,17,20);2-6H,1H3. The van der Waals surface area contributed by atoms with Gasteiger partial charge in [0.2, 0.25) is 11.8 Å². The van der Waals surface area contributed by atoms with Gasteiger partial charge in [0.05, 0.1) is 6.54 Å². The largest absolute Gasteiger partial charge is 0.354 e. The van der Waals surface area contributed by atoms with E-state index in [1.807, 2.05) is 18.2 Å². The third kappa shape index (κ3) is 7.33. The summed E-state index contributed by atoms with van der Waals surface area (Å²) in [5.74, 6) is 0.705. The maximum atomic E-state index is 12.3. The van der Waals surface area contributed by atoms with Crippen LogP contribution < -0.4 is 10.6 Å². The number of carbonyl (C=O) groups excluding carboxylic acids is 2. The van der Waals surface area contributed by atoms with Crippen molar-refractivity contribution in [2.24, 2.45) is 5.92 Å². The molecule has 2 fully saturated rings. The van der Waals surface area contributed by atoms with E-state index in [4.69, 9.17) is 0 Å². The van der Waals surface area contributed by atoms with Crippen LogP contribution in [0.15, 0.2) is 30.3 Å². The number of likely N-dealkylation sites (N-methyl/N-ethyl adjacent to an activating group) is 1. The topological polar surface area (TPSA) is 61.4 Å². The van der Waals surface area contributed by atoms with Gasteiger partial charge in [-0.3, -0.25) is 9.59 Å². The summed E-state index contributed by atoms with van der Waals surface area (Å²) < 4.78 is 0. The highest BCUT2D eigenvalue weighted by atomic mass is 16.2. The number of likely N-dealkylation sites (tertiary alicyclic amines) is 1. The van der Waals surface area contributed by atoms with E-state index in [1.165, 1.54) is 37.7 Å². The summed E-state index contributed by atoms with van der Waals surface area (Å²) in [5, 5.41) is 5.93. The van der Waals surface area contributed by atoms with Crippen LogP contribution in [0.1, 0.15) is 50.5 Å². The molecule has 1 aromatic rings. The number of hydrogen-bond acceptors (Lipinski definition) is 3. The summed E-state index contributed by atoms with van der Waals surface area (Å²) in [6, 6.07) is 10.0. The van der Waals surface area contributed by atoms with Gasteiger partial charge in [0, 0.05) is 13.1 Å². The van der Waals surface area contributed by atoms with Crippen LogP contribution in [0.2, 0.25) is 0 Å². The Kier molecular flexibility index (Phi) is 9.32. The minimum absolute atomic E-state index is 0.0304. The maximum Gasteiger partial charge on any atom is 0.242 e. The molecule has 1 heterocycles. The summed E-state index contributed by atoms with van der Waals surface area (Å²) in [7, 11) is 1.76. The second-order valence-electron chi connectivity index (χ2n) is 7.68. The van der Waals surface area contributed by atoms with Crippen LogP contribution in [-0.4, -0.2) is 49.4 Å². The van der Waals surface area contributed by atoms with Gasteiger partial charge in [-0.15, -0.1) is 0 Å². The highest BCUT2D eigenvalue weighted by molar-refractivity contribution is 5.88. The predicted molar refractivity (Wildman–Crippen MR) is 109 cm³/mol. The molecule has 27 heavy (non-hydrogen) atoms. The average molecular weight is 374 g/mol. The van der Waals surface area contributed by atoms with E-state index in [1.54, 1.807) is 11.9 Å². The first kappa shape index (κ1) is 21.4. The molecule has 1 unspecified atom stereocenters. The summed E-state index contributed by atoms with van der Waals surface area (Å²) >= 11 is 0. The number of carbonyl (C=O) groups is 2. The van der Waals surface area contributed by atoms with Crippen molar-refractivity contribution in [1.29, 1.82) is 0 Å². The first-order chi connectivity index (χ1) is 13.1. The average Bonchev–Trinajstić information content (AvgIpc) is 3.18. The van der Waals surface area contributed by atoms with E-state index < -0.39 is 0 Å². The quantitative estimate of drug-likeness (QED) is 0.834. The Balaban J connectivity index is 0.000000313. The zero-order valence-electron chi connectivity index (χ0n) is 16.9. The van der Waals surface area contributed by atoms with Crippen molar-refractivity contribution in [3.63, 3.8) is 0 Å². The van der Waals surface area contributed by atoms with Crippen molar-refractivity contribution in [1.82, 2.24) is 15.5 Å². The monoisotopic (exact) mass is 373 g/mol. The van der Waals surface area contributed by atoms with Crippen LogP contribution in [-0.2, 0) is 9.59 Å². The van der Waals surface area contributed by atoms with Crippen molar-refractivity contribution in [3.8, 4) is 0 Å². The van der Waals surface area contributed by atoms with Gasteiger partial charge in [0.1, 0.15) is 6.04 Å². The van der Waals surface area contributed by atoms with Gasteiger partial charge in [-0.25, -0.2) is 0 Å². The first-order valence-corrected chi connectivity index (χ1v) is 10.3. The lowest BCUT2D eigenvalue weighted by atomic mass is 9.89.